The van der Waals surface area contributed by atoms with Crippen molar-refractivity contribution in [1.29, 1.82) is 0 Å². The lowest BCUT2D eigenvalue weighted by Crippen LogP contribution is -2.35. The first-order chi connectivity index (χ1) is 7.24. The van der Waals surface area contributed by atoms with Gasteiger partial charge < -0.3 is 10.4 Å². The van der Waals surface area contributed by atoms with Crippen LogP contribution in [-0.4, -0.2) is 17.1 Å². The van der Waals surface area contributed by atoms with E-state index in [4.69, 9.17) is 5.11 Å². The molecule has 0 heterocycles. The standard InChI is InChI=1S/C12H17NO2/c1-2-6-11(12(14)15)13-9-10-7-4-3-5-8-10/h3-5,7-8,11,13H,2,6,9H2,1H3,(H,14,15). The Labute approximate surface area is 90.1 Å². The Kier molecular flexibility index (Phi) is 4.84. The smallest absolute Gasteiger partial charge is 0.320 e. The third-order valence-electron chi connectivity index (χ3n) is 2.27. The summed E-state index contributed by atoms with van der Waals surface area (Å²) >= 11 is 0. The predicted molar refractivity (Wildman–Crippen MR) is 59.6 cm³/mol. The molecule has 15 heavy (non-hydrogen) atoms. The molecule has 0 fully saturated rings. The van der Waals surface area contributed by atoms with E-state index in [1.54, 1.807) is 0 Å². The van der Waals surface area contributed by atoms with Crippen LogP contribution in [0.15, 0.2) is 30.3 Å². The summed E-state index contributed by atoms with van der Waals surface area (Å²) in [6.07, 6.45) is 1.54. The van der Waals surface area contributed by atoms with Gasteiger partial charge in [0.15, 0.2) is 0 Å². The van der Waals surface area contributed by atoms with Gasteiger partial charge in [-0.05, 0) is 12.0 Å². The molecule has 1 aromatic rings. The molecule has 0 amide bonds. The molecular formula is C12H17NO2. The van der Waals surface area contributed by atoms with Gasteiger partial charge in [-0.1, -0.05) is 43.7 Å². The quantitative estimate of drug-likeness (QED) is 0.750. The van der Waals surface area contributed by atoms with Crippen molar-refractivity contribution >= 4 is 5.97 Å². The van der Waals surface area contributed by atoms with Crippen LogP contribution in [0.4, 0.5) is 0 Å². The van der Waals surface area contributed by atoms with E-state index in [1.165, 1.54) is 0 Å². The zero-order valence-electron chi connectivity index (χ0n) is 8.94. The molecule has 1 unspecified atom stereocenters. The number of hydrogen-bond donors (Lipinski definition) is 2. The minimum Gasteiger partial charge on any atom is -0.480 e. The van der Waals surface area contributed by atoms with Gasteiger partial charge in [-0.25, -0.2) is 0 Å². The van der Waals surface area contributed by atoms with Crippen LogP contribution < -0.4 is 5.32 Å². The van der Waals surface area contributed by atoms with Gasteiger partial charge in [0.1, 0.15) is 6.04 Å². The minimum absolute atomic E-state index is 0.435. The molecule has 1 aromatic carbocycles. The van der Waals surface area contributed by atoms with Crippen molar-refractivity contribution in [1.82, 2.24) is 5.32 Å². The second-order valence-corrected chi connectivity index (χ2v) is 3.55. The van der Waals surface area contributed by atoms with Gasteiger partial charge in [0, 0.05) is 6.54 Å². The molecule has 1 rings (SSSR count). The van der Waals surface area contributed by atoms with Crippen LogP contribution in [0, 0.1) is 0 Å². The average Bonchev–Trinajstić information content (AvgIpc) is 2.25. The predicted octanol–water partition coefficient (Wildman–Crippen LogP) is 2.03. The number of benzene rings is 1. The maximum atomic E-state index is 10.8. The van der Waals surface area contributed by atoms with E-state index in [2.05, 4.69) is 5.32 Å². The lowest BCUT2D eigenvalue weighted by atomic mass is 10.1. The molecule has 0 aliphatic carbocycles. The first kappa shape index (κ1) is 11.7. The summed E-state index contributed by atoms with van der Waals surface area (Å²) in [6, 6.07) is 9.38. The highest BCUT2D eigenvalue weighted by Crippen LogP contribution is 2.01. The molecule has 82 valence electrons. The molecule has 0 radical (unpaired) electrons. The fraction of sp³-hybridized carbons (Fsp3) is 0.417. The Balaban J connectivity index is 2.43. The van der Waals surface area contributed by atoms with Crippen molar-refractivity contribution in [2.45, 2.75) is 32.4 Å². The Hall–Kier alpha value is -1.35. The van der Waals surface area contributed by atoms with Crippen LogP contribution in [0.25, 0.3) is 0 Å². The van der Waals surface area contributed by atoms with Crippen LogP contribution in [0.3, 0.4) is 0 Å². The van der Waals surface area contributed by atoms with Gasteiger partial charge in [-0.15, -0.1) is 0 Å². The van der Waals surface area contributed by atoms with Gasteiger partial charge >= 0.3 is 5.97 Å². The van der Waals surface area contributed by atoms with Crippen molar-refractivity contribution < 1.29 is 9.90 Å². The van der Waals surface area contributed by atoms with Crippen LogP contribution in [0.1, 0.15) is 25.3 Å². The molecule has 0 bridgehead atoms. The molecule has 0 saturated heterocycles. The van der Waals surface area contributed by atoms with Crippen LogP contribution in [-0.2, 0) is 11.3 Å². The molecule has 3 heteroatoms. The number of rotatable bonds is 6. The first-order valence-corrected chi connectivity index (χ1v) is 5.24. The molecule has 0 saturated carbocycles. The van der Waals surface area contributed by atoms with Crippen molar-refractivity contribution in [3.63, 3.8) is 0 Å². The SMILES string of the molecule is CCCC(NCc1ccccc1)C(=O)O. The number of carboxylic acid groups (broad SMARTS) is 1. The van der Waals surface area contributed by atoms with Crippen molar-refractivity contribution in [2.24, 2.45) is 0 Å². The average molecular weight is 207 g/mol. The highest BCUT2D eigenvalue weighted by Gasteiger charge is 2.14. The largest absolute Gasteiger partial charge is 0.480 e. The summed E-state index contributed by atoms with van der Waals surface area (Å²) in [6.45, 7) is 2.60. The second kappa shape index (κ2) is 6.19. The lowest BCUT2D eigenvalue weighted by molar-refractivity contribution is -0.139. The summed E-state index contributed by atoms with van der Waals surface area (Å²) in [5, 5.41) is 12.0. The highest BCUT2D eigenvalue weighted by molar-refractivity contribution is 5.73. The summed E-state index contributed by atoms with van der Waals surface area (Å²) in [7, 11) is 0. The molecule has 0 aliphatic heterocycles. The van der Waals surface area contributed by atoms with Crippen molar-refractivity contribution in [3.8, 4) is 0 Å². The number of hydrogen-bond acceptors (Lipinski definition) is 2. The maximum absolute atomic E-state index is 10.8. The van der Waals surface area contributed by atoms with Gasteiger partial charge in [-0.2, -0.15) is 0 Å². The van der Waals surface area contributed by atoms with E-state index >= 15 is 0 Å². The molecule has 0 spiro atoms. The fourth-order valence-electron chi connectivity index (χ4n) is 1.44. The normalized spacial score (nSPS) is 12.3. The zero-order chi connectivity index (χ0) is 11.1. The zero-order valence-corrected chi connectivity index (χ0v) is 8.94. The van der Waals surface area contributed by atoms with Gasteiger partial charge in [0.05, 0.1) is 0 Å². The third kappa shape index (κ3) is 4.13. The van der Waals surface area contributed by atoms with Gasteiger partial charge in [0.25, 0.3) is 0 Å². The van der Waals surface area contributed by atoms with Gasteiger partial charge in [-0.3, -0.25) is 4.79 Å². The van der Waals surface area contributed by atoms with E-state index < -0.39 is 12.0 Å². The highest BCUT2D eigenvalue weighted by atomic mass is 16.4. The molecule has 0 aliphatic rings. The van der Waals surface area contributed by atoms with E-state index in [0.29, 0.717) is 13.0 Å². The summed E-state index contributed by atoms with van der Waals surface area (Å²) in [5.41, 5.74) is 1.11. The molecular weight excluding hydrogens is 190 g/mol. The molecule has 3 nitrogen and oxygen atoms in total. The Bertz CT molecular complexity index is 298. The van der Waals surface area contributed by atoms with E-state index in [-0.39, 0.29) is 0 Å². The Morgan fingerprint density at radius 3 is 2.60 bits per heavy atom. The summed E-state index contributed by atoms with van der Waals surface area (Å²) in [5.74, 6) is -0.771. The molecule has 1 atom stereocenters. The van der Waals surface area contributed by atoms with Crippen LogP contribution in [0.5, 0.6) is 0 Å². The van der Waals surface area contributed by atoms with E-state index in [1.807, 2.05) is 37.3 Å². The first-order valence-electron chi connectivity index (χ1n) is 5.24. The monoisotopic (exact) mass is 207 g/mol. The summed E-state index contributed by atoms with van der Waals surface area (Å²) < 4.78 is 0. The second-order valence-electron chi connectivity index (χ2n) is 3.55. The van der Waals surface area contributed by atoms with E-state index in [0.717, 1.165) is 12.0 Å². The van der Waals surface area contributed by atoms with E-state index in [9.17, 15) is 4.79 Å². The topological polar surface area (TPSA) is 49.3 Å². The Morgan fingerprint density at radius 2 is 2.07 bits per heavy atom. The van der Waals surface area contributed by atoms with Gasteiger partial charge in [0.2, 0.25) is 0 Å². The number of aliphatic carboxylic acids is 1. The van der Waals surface area contributed by atoms with Crippen molar-refractivity contribution in [2.75, 3.05) is 0 Å². The molecule has 0 aromatic heterocycles. The Morgan fingerprint density at radius 1 is 1.40 bits per heavy atom. The minimum atomic E-state index is -0.771. The van der Waals surface area contributed by atoms with Crippen molar-refractivity contribution in [3.05, 3.63) is 35.9 Å². The maximum Gasteiger partial charge on any atom is 0.320 e. The molecule has 2 N–H and O–H groups in total. The summed E-state index contributed by atoms with van der Waals surface area (Å²) in [4.78, 5) is 10.8. The number of carbonyl (C=O) groups is 1. The number of carboxylic acids is 1. The fourth-order valence-corrected chi connectivity index (χ4v) is 1.44. The van der Waals surface area contributed by atoms with Crippen LogP contribution in [0.2, 0.25) is 0 Å². The lowest BCUT2D eigenvalue weighted by Gasteiger charge is -2.13. The number of nitrogens with one attached hydrogen (secondary N) is 1. The third-order valence-corrected chi connectivity index (χ3v) is 2.27. The van der Waals surface area contributed by atoms with Crippen LogP contribution >= 0.6 is 0 Å².